The van der Waals surface area contributed by atoms with Crippen LogP contribution >= 0.6 is 11.8 Å². The molecule has 0 bridgehead atoms. The summed E-state index contributed by atoms with van der Waals surface area (Å²) >= 11 is 1.65. The Balaban J connectivity index is 2.28. The molecule has 1 atom stereocenters. The Morgan fingerprint density at radius 1 is 1.50 bits per heavy atom. The van der Waals surface area contributed by atoms with E-state index in [1.165, 1.54) is 0 Å². The Labute approximate surface area is 111 Å². The first-order chi connectivity index (χ1) is 8.60. The van der Waals surface area contributed by atoms with Crippen molar-refractivity contribution in [3.05, 3.63) is 29.3 Å². The molecule has 1 aliphatic rings. The van der Waals surface area contributed by atoms with E-state index >= 15 is 0 Å². The van der Waals surface area contributed by atoms with Gasteiger partial charge in [0.15, 0.2) is 0 Å². The molecule has 18 heavy (non-hydrogen) atoms. The second kappa shape index (κ2) is 5.32. The lowest BCUT2D eigenvalue weighted by atomic mass is 10.1. The van der Waals surface area contributed by atoms with E-state index in [0.29, 0.717) is 11.3 Å². The molecule has 0 aliphatic carbocycles. The van der Waals surface area contributed by atoms with Gasteiger partial charge in [-0.3, -0.25) is 5.43 Å². The van der Waals surface area contributed by atoms with Crippen molar-refractivity contribution in [1.29, 1.82) is 5.26 Å². The Bertz CT molecular complexity index is 519. The molecule has 4 nitrogen and oxygen atoms in total. The Hall–Kier alpha value is -1.67. The minimum absolute atomic E-state index is 0.0582. The van der Waals surface area contributed by atoms with E-state index in [2.05, 4.69) is 16.6 Å². The van der Waals surface area contributed by atoms with E-state index in [1.54, 1.807) is 11.8 Å². The number of hydrogen-bond acceptors (Lipinski definition) is 5. The lowest BCUT2D eigenvalue weighted by molar-refractivity contribution is 0.241. The van der Waals surface area contributed by atoms with Gasteiger partial charge in [0.1, 0.15) is 16.9 Å². The fraction of sp³-hybridized carbons (Fsp3) is 0.385. The lowest BCUT2D eigenvalue weighted by Crippen LogP contribution is -2.09. The molecule has 0 amide bonds. The first kappa shape index (κ1) is 12.8. The van der Waals surface area contributed by atoms with Gasteiger partial charge in [0.25, 0.3) is 0 Å². The van der Waals surface area contributed by atoms with E-state index in [0.717, 1.165) is 10.6 Å². The van der Waals surface area contributed by atoms with Crippen molar-refractivity contribution in [2.45, 2.75) is 32.2 Å². The van der Waals surface area contributed by atoms with Gasteiger partial charge < -0.3 is 4.74 Å². The van der Waals surface area contributed by atoms with Crippen LogP contribution in [0.15, 0.2) is 23.3 Å². The molecule has 0 spiro atoms. The maximum absolute atomic E-state index is 9.16. The van der Waals surface area contributed by atoms with Crippen LogP contribution < -0.4 is 10.2 Å². The van der Waals surface area contributed by atoms with Gasteiger partial charge in [-0.15, -0.1) is 0 Å². The molecule has 94 valence electrons. The topological polar surface area (TPSA) is 57.4 Å². The van der Waals surface area contributed by atoms with Crippen LogP contribution in [0.1, 0.15) is 31.9 Å². The minimum atomic E-state index is 0.0582. The Morgan fingerprint density at radius 3 is 2.83 bits per heavy atom. The highest BCUT2D eigenvalue weighted by Crippen LogP contribution is 2.26. The molecule has 1 aromatic rings. The summed E-state index contributed by atoms with van der Waals surface area (Å²) in [6.45, 7) is 5.93. The summed E-state index contributed by atoms with van der Waals surface area (Å²) in [4.78, 5) is 0. The molecular weight excluding hydrogens is 246 g/mol. The minimum Gasteiger partial charge on any atom is -0.490 e. The molecule has 2 rings (SSSR count). The zero-order valence-corrected chi connectivity index (χ0v) is 11.4. The molecule has 0 radical (unpaired) electrons. The van der Waals surface area contributed by atoms with Gasteiger partial charge in [0, 0.05) is 5.56 Å². The number of hydrogen-bond donors (Lipinski definition) is 1. The van der Waals surface area contributed by atoms with Crippen molar-refractivity contribution < 1.29 is 4.74 Å². The normalized spacial score (nSPS) is 18.2. The molecule has 1 aromatic carbocycles. The van der Waals surface area contributed by atoms with Crippen molar-refractivity contribution in [3.8, 4) is 11.8 Å². The van der Waals surface area contributed by atoms with Crippen LogP contribution in [0, 0.1) is 11.3 Å². The number of nitriles is 1. The lowest BCUT2D eigenvalue weighted by Gasteiger charge is -2.11. The largest absolute Gasteiger partial charge is 0.490 e. The molecule has 0 saturated heterocycles. The van der Waals surface area contributed by atoms with Crippen molar-refractivity contribution in [2.24, 2.45) is 5.10 Å². The van der Waals surface area contributed by atoms with E-state index in [1.807, 2.05) is 39.0 Å². The van der Waals surface area contributed by atoms with E-state index in [4.69, 9.17) is 10.00 Å². The smallest absolute Gasteiger partial charge is 0.137 e. The summed E-state index contributed by atoms with van der Waals surface area (Å²) in [6.07, 6.45) is 0.0582. The fourth-order valence-corrected chi connectivity index (χ4v) is 2.42. The highest BCUT2D eigenvalue weighted by Gasteiger charge is 2.17. The van der Waals surface area contributed by atoms with Crippen molar-refractivity contribution >= 4 is 16.8 Å². The molecule has 0 aromatic heterocycles. The molecule has 1 heterocycles. The first-order valence-corrected chi connectivity index (χ1v) is 6.69. The Kier molecular flexibility index (Phi) is 3.78. The quantitative estimate of drug-likeness (QED) is 0.909. The predicted molar refractivity (Wildman–Crippen MR) is 73.6 cm³/mol. The second-order valence-electron chi connectivity index (χ2n) is 4.30. The third kappa shape index (κ3) is 2.77. The summed E-state index contributed by atoms with van der Waals surface area (Å²) in [5, 5.41) is 14.6. The van der Waals surface area contributed by atoms with E-state index < -0.39 is 0 Å². The van der Waals surface area contributed by atoms with Gasteiger partial charge in [-0.05, 0) is 39.0 Å². The third-order valence-corrected chi connectivity index (χ3v) is 3.36. The summed E-state index contributed by atoms with van der Waals surface area (Å²) in [6, 6.07) is 7.76. The molecule has 1 unspecified atom stereocenters. The summed E-state index contributed by atoms with van der Waals surface area (Å²) in [5.74, 6) is 0.626. The Morgan fingerprint density at radius 2 is 2.28 bits per heavy atom. The van der Waals surface area contributed by atoms with Gasteiger partial charge in [-0.25, -0.2) is 0 Å². The third-order valence-electron chi connectivity index (χ3n) is 2.35. The maximum Gasteiger partial charge on any atom is 0.137 e. The molecule has 5 heteroatoms. The number of hydrazone groups is 1. The van der Waals surface area contributed by atoms with Crippen LogP contribution in [0.4, 0.5) is 0 Å². The van der Waals surface area contributed by atoms with Gasteiger partial charge in [0.05, 0.1) is 17.0 Å². The summed E-state index contributed by atoms with van der Waals surface area (Å²) < 4.78 is 5.59. The molecule has 0 saturated carbocycles. The van der Waals surface area contributed by atoms with Crippen LogP contribution in [0.2, 0.25) is 0 Å². The van der Waals surface area contributed by atoms with Crippen molar-refractivity contribution in [1.82, 2.24) is 5.43 Å². The highest BCUT2D eigenvalue weighted by atomic mass is 32.2. The summed E-state index contributed by atoms with van der Waals surface area (Å²) in [5.41, 5.74) is 4.48. The average molecular weight is 261 g/mol. The van der Waals surface area contributed by atoms with Gasteiger partial charge >= 0.3 is 0 Å². The maximum atomic E-state index is 9.16. The molecular formula is C13H15N3OS. The summed E-state index contributed by atoms with van der Waals surface area (Å²) in [7, 11) is 0. The van der Waals surface area contributed by atoms with Crippen molar-refractivity contribution in [2.75, 3.05) is 0 Å². The van der Waals surface area contributed by atoms with Crippen LogP contribution in [0.25, 0.3) is 0 Å². The number of rotatable bonds is 3. The SMILES string of the molecule is CC(C)Oc1ccc(C2=NNC(C)S2)cc1C#N. The highest BCUT2D eigenvalue weighted by molar-refractivity contribution is 8.15. The predicted octanol–water partition coefficient (Wildman–Crippen LogP) is 2.69. The van der Waals surface area contributed by atoms with Crippen molar-refractivity contribution in [3.63, 3.8) is 0 Å². The van der Waals surface area contributed by atoms with Gasteiger partial charge in [-0.1, -0.05) is 11.8 Å². The molecule has 1 N–H and O–H groups in total. The van der Waals surface area contributed by atoms with E-state index in [-0.39, 0.29) is 11.5 Å². The number of nitrogens with zero attached hydrogens (tertiary/aromatic N) is 2. The fourth-order valence-electron chi connectivity index (χ4n) is 1.61. The van der Waals surface area contributed by atoms with Crippen LogP contribution in [0.5, 0.6) is 5.75 Å². The van der Waals surface area contributed by atoms with E-state index in [9.17, 15) is 0 Å². The molecule has 1 aliphatic heterocycles. The van der Waals surface area contributed by atoms with Crippen LogP contribution in [0.3, 0.4) is 0 Å². The monoisotopic (exact) mass is 261 g/mol. The zero-order chi connectivity index (χ0) is 13.1. The number of nitrogens with one attached hydrogen (secondary N) is 1. The number of ether oxygens (including phenoxy) is 1. The van der Waals surface area contributed by atoms with Crippen LogP contribution in [-0.2, 0) is 0 Å². The molecule has 0 fully saturated rings. The zero-order valence-electron chi connectivity index (χ0n) is 10.6. The standard InChI is InChI=1S/C13H15N3OS/c1-8(2)17-12-5-4-10(6-11(12)7-14)13-16-15-9(3)18-13/h4-6,8-9,15H,1-3H3. The van der Waals surface area contributed by atoms with Gasteiger partial charge in [0.2, 0.25) is 0 Å². The second-order valence-corrected chi connectivity index (χ2v) is 5.62. The van der Waals surface area contributed by atoms with Gasteiger partial charge in [-0.2, -0.15) is 10.4 Å². The average Bonchev–Trinajstić information content (AvgIpc) is 2.75. The van der Waals surface area contributed by atoms with Crippen LogP contribution in [-0.4, -0.2) is 16.5 Å². The number of benzene rings is 1. The number of thioether (sulfide) groups is 1. The first-order valence-electron chi connectivity index (χ1n) is 5.81.